The van der Waals surface area contributed by atoms with Crippen LogP contribution in [-0.4, -0.2) is 99.2 Å². The van der Waals surface area contributed by atoms with Crippen molar-refractivity contribution in [2.45, 2.75) is 52.0 Å². The molecule has 0 saturated carbocycles. The highest BCUT2D eigenvalue weighted by Crippen LogP contribution is 2.40. The Hall–Kier alpha value is -5.14. The van der Waals surface area contributed by atoms with Crippen molar-refractivity contribution in [1.29, 1.82) is 0 Å². The molecule has 0 unspecified atom stereocenters. The van der Waals surface area contributed by atoms with Crippen LogP contribution in [0.15, 0.2) is 36.5 Å². The summed E-state index contributed by atoms with van der Waals surface area (Å²) in [6, 6.07) is 8.68. The van der Waals surface area contributed by atoms with E-state index < -0.39 is 23.6 Å². The average molecular weight is 676 g/mol. The number of rotatable bonds is 12. The number of hydrogen-bond donors (Lipinski definition) is 1. The number of ether oxygens (including phenoxy) is 1. The van der Waals surface area contributed by atoms with Gasteiger partial charge in [-0.25, -0.2) is 4.39 Å². The highest BCUT2D eigenvalue weighted by molar-refractivity contribution is 6.00. The van der Waals surface area contributed by atoms with E-state index >= 15 is 4.39 Å². The number of fused-ring (bicyclic) bond motifs is 2. The molecule has 3 amide bonds. The maximum atomic E-state index is 15.8. The number of piperidine rings is 1. The first-order valence-corrected chi connectivity index (χ1v) is 16.4. The molecule has 0 atom stereocenters. The number of esters is 1. The third kappa shape index (κ3) is 7.79. The minimum atomic E-state index is -0.607. The van der Waals surface area contributed by atoms with Gasteiger partial charge < -0.3 is 19.9 Å². The monoisotopic (exact) mass is 675 g/mol. The molecule has 49 heavy (non-hydrogen) atoms. The molecule has 260 valence electrons. The number of nitrogens with one attached hydrogen (secondary N) is 1. The highest BCUT2D eigenvalue weighted by atomic mass is 19.1. The van der Waals surface area contributed by atoms with Gasteiger partial charge in [-0.1, -0.05) is 26.0 Å². The second-order valence-corrected chi connectivity index (χ2v) is 12.8. The molecule has 1 N–H and O–H groups in total. The fraction of sp³-hybridized carbons (Fsp3) is 0.457. The summed E-state index contributed by atoms with van der Waals surface area (Å²) >= 11 is 0. The number of carbonyl (C=O) groups excluding carboxylic acids is 5. The van der Waals surface area contributed by atoms with Crippen LogP contribution >= 0.6 is 0 Å². The minimum absolute atomic E-state index is 0.0562. The van der Waals surface area contributed by atoms with Crippen molar-refractivity contribution in [2.75, 3.05) is 40.3 Å². The number of hydrogen-bond acceptors (Lipinski definition) is 8. The summed E-state index contributed by atoms with van der Waals surface area (Å²) in [4.78, 5) is 65.2. The fourth-order valence-electron chi connectivity index (χ4n) is 6.20. The number of methoxy groups -OCH3 is 1. The number of likely N-dealkylation sites (N-methyl/N-ethyl adjacent to an activating group) is 1. The second kappa shape index (κ2) is 15.0. The number of nitrogens with zero attached hydrogens (tertiary/aromatic N) is 6. The fourth-order valence-corrected chi connectivity index (χ4v) is 6.20. The molecule has 0 radical (unpaired) electrons. The number of aryl methyl sites for hydroxylation is 1. The van der Waals surface area contributed by atoms with Gasteiger partial charge in [0.2, 0.25) is 17.7 Å². The maximum absolute atomic E-state index is 15.8. The SMILES string of the molecule is COC(=O)CNC(=O)CN(C)C(=O)Cn1nc(C2CCN(C(=O)CCC(=O)C(C)C)CC2)c2c(-c3cc4c(cnn4C)cc3F)cccc21. The quantitative estimate of drug-likeness (QED) is 0.225. The molecule has 0 spiro atoms. The van der Waals surface area contributed by atoms with Crippen LogP contribution in [0.2, 0.25) is 0 Å². The van der Waals surface area contributed by atoms with Crippen LogP contribution in [0.4, 0.5) is 4.39 Å². The normalized spacial score (nSPS) is 13.7. The van der Waals surface area contributed by atoms with E-state index in [9.17, 15) is 24.0 Å². The second-order valence-electron chi connectivity index (χ2n) is 12.8. The first-order chi connectivity index (χ1) is 23.4. The number of ketones is 1. The number of aromatic nitrogens is 4. The molecular formula is C35H42FN7O6. The summed E-state index contributed by atoms with van der Waals surface area (Å²) in [6.07, 6.45) is 3.20. The van der Waals surface area contributed by atoms with Crippen LogP contribution in [0.5, 0.6) is 0 Å². The van der Waals surface area contributed by atoms with Crippen molar-refractivity contribution in [3.63, 3.8) is 0 Å². The maximum Gasteiger partial charge on any atom is 0.325 e. The van der Waals surface area contributed by atoms with E-state index in [0.29, 0.717) is 59.0 Å². The van der Waals surface area contributed by atoms with Gasteiger partial charge >= 0.3 is 5.97 Å². The third-order valence-corrected chi connectivity index (χ3v) is 9.14. The predicted octanol–water partition coefficient (Wildman–Crippen LogP) is 3.19. The van der Waals surface area contributed by atoms with Gasteiger partial charge in [-0.3, -0.25) is 33.3 Å². The lowest BCUT2D eigenvalue weighted by Crippen LogP contribution is -2.41. The molecule has 1 fully saturated rings. The number of Topliss-reactive ketones (excluding diaryl/α,β-unsaturated/α-hetero) is 1. The predicted molar refractivity (Wildman–Crippen MR) is 180 cm³/mol. The first kappa shape index (κ1) is 35.2. The Morgan fingerprint density at radius 3 is 2.49 bits per heavy atom. The molecule has 1 saturated heterocycles. The molecule has 14 heteroatoms. The lowest BCUT2D eigenvalue weighted by molar-refractivity contribution is -0.141. The number of halogens is 1. The molecule has 5 rings (SSSR count). The van der Waals surface area contributed by atoms with Gasteiger partial charge in [-0.2, -0.15) is 10.2 Å². The largest absolute Gasteiger partial charge is 0.468 e. The van der Waals surface area contributed by atoms with Gasteiger partial charge in [0.15, 0.2) is 0 Å². The van der Waals surface area contributed by atoms with Gasteiger partial charge in [-0.05, 0) is 36.6 Å². The molecule has 4 aromatic rings. The Morgan fingerprint density at radius 1 is 1.06 bits per heavy atom. The van der Waals surface area contributed by atoms with E-state index in [2.05, 4.69) is 15.2 Å². The standard InChI is InChI=1S/C35H42FN7O6/c1-21(2)29(44)9-10-31(46)42-13-11-22(12-14-42)35-34-24(25-16-28-23(15-26(25)36)17-38-41(28)4)7-6-8-27(34)43(39-35)20-32(47)40(3)19-30(45)37-18-33(48)49-5/h6-8,15-17,21-22H,9-14,18-20H2,1-5H3,(H,37,45). The summed E-state index contributed by atoms with van der Waals surface area (Å²) in [6.45, 7) is 3.83. The van der Waals surface area contributed by atoms with Crippen LogP contribution in [0, 0.1) is 11.7 Å². The van der Waals surface area contributed by atoms with E-state index in [1.165, 1.54) is 25.1 Å². The van der Waals surface area contributed by atoms with Gasteiger partial charge in [0.1, 0.15) is 24.7 Å². The molecule has 1 aliphatic rings. The molecule has 1 aliphatic heterocycles. The van der Waals surface area contributed by atoms with Crippen molar-refractivity contribution >= 4 is 51.3 Å². The van der Waals surface area contributed by atoms with E-state index in [1.54, 1.807) is 39.6 Å². The Bertz CT molecular complexity index is 1910. The minimum Gasteiger partial charge on any atom is -0.468 e. The molecule has 2 aromatic heterocycles. The topological polar surface area (TPSA) is 149 Å². The summed E-state index contributed by atoms with van der Waals surface area (Å²) in [7, 11) is 4.49. The zero-order chi connectivity index (χ0) is 35.4. The summed E-state index contributed by atoms with van der Waals surface area (Å²) in [5, 5.41) is 13.0. The van der Waals surface area contributed by atoms with Gasteiger partial charge in [0.05, 0.1) is 36.6 Å². The van der Waals surface area contributed by atoms with Crippen molar-refractivity contribution in [1.82, 2.24) is 34.7 Å². The van der Waals surface area contributed by atoms with Gasteiger partial charge in [-0.15, -0.1) is 0 Å². The molecule has 13 nitrogen and oxygen atoms in total. The lowest BCUT2D eigenvalue weighted by atomic mass is 9.88. The summed E-state index contributed by atoms with van der Waals surface area (Å²) in [5.74, 6) is -2.15. The molecule has 0 bridgehead atoms. The first-order valence-electron chi connectivity index (χ1n) is 16.4. The van der Waals surface area contributed by atoms with Crippen molar-refractivity contribution in [2.24, 2.45) is 13.0 Å². The molecule has 0 aliphatic carbocycles. The van der Waals surface area contributed by atoms with Gasteiger partial charge in [0, 0.05) is 68.2 Å². The van der Waals surface area contributed by atoms with Gasteiger partial charge in [0.25, 0.3) is 0 Å². The smallest absolute Gasteiger partial charge is 0.325 e. The Kier molecular flexibility index (Phi) is 10.7. The van der Waals surface area contributed by atoms with E-state index in [4.69, 9.17) is 5.10 Å². The van der Waals surface area contributed by atoms with Crippen LogP contribution < -0.4 is 5.32 Å². The molecule has 2 aromatic carbocycles. The van der Waals surface area contributed by atoms with Crippen LogP contribution in [-0.2, 0) is 42.3 Å². The Labute approximate surface area is 283 Å². The lowest BCUT2D eigenvalue weighted by Gasteiger charge is -2.31. The molecular weight excluding hydrogens is 633 g/mol. The van der Waals surface area contributed by atoms with E-state index in [0.717, 1.165) is 5.52 Å². The van der Waals surface area contributed by atoms with Crippen molar-refractivity contribution in [3.8, 4) is 11.1 Å². The number of carbonyl (C=O) groups is 5. The Balaban J connectivity index is 1.45. The van der Waals surface area contributed by atoms with Crippen LogP contribution in [0.1, 0.15) is 51.1 Å². The van der Waals surface area contributed by atoms with Crippen molar-refractivity contribution in [3.05, 3.63) is 48.0 Å². The van der Waals surface area contributed by atoms with Crippen molar-refractivity contribution < 1.29 is 33.1 Å². The highest BCUT2D eigenvalue weighted by Gasteiger charge is 2.30. The summed E-state index contributed by atoms with van der Waals surface area (Å²) in [5.41, 5.74) is 3.07. The zero-order valence-corrected chi connectivity index (χ0v) is 28.5. The third-order valence-electron chi connectivity index (χ3n) is 9.14. The van der Waals surface area contributed by atoms with Crippen LogP contribution in [0.3, 0.4) is 0 Å². The Morgan fingerprint density at radius 2 is 1.80 bits per heavy atom. The average Bonchev–Trinajstić information content (AvgIpc) is 3.64. The summed E-state index contributed by atoms with van der Waals surface area (Å²) < 4.78 is 23.6. The van der Waals surface area contributed by atoms with E-state index in [1.807, 2.05) is 26.0 Å². The zero-order valence-electron chi connectivity index (χ0n) is 28.5. The molecule has 3 heterocycles. The number of likely N-dealkylation sites (tertiary alicyclic amines) is 1. The van der Waals surface area contributed by atoms with Crippen LogP contribution in [0.25, 0.3) is 32.9 Å². The number of amides is 3. The van der Waals surface area contributed by atoms with E-state index in [-0.39, 0.29) is 56.0 Å². The number of benzene rings is 2.